The van der Waals surface area contributed by atoms with E-state index in [4.69, 9.17) is 5.73 Å². The van der Waals surface area contributed by atoms with Crippen molar-refractivity contribution >= 4 is 17.7 Å². The quantitative estimate of drug-likeness (QED) is 0.858. The largest absolute Gasteiger partial charge is 0.388 e. The summed E-state index contributed by atoms with van der Waals surface area (Å²) < 4.78 is 0. The number of primary amides is 1. The number of benzene rings is 2. The van der Waals surface area contributed by atoms with Gasteiger partial charge >= 0.3 is 0 Å². The van der Waals surface area contributed by atoms with Crippen LogP contribution in [0.3, 0.4) is 0 Å². The first kappa shape index (κ1) is 14.6. The normalized spacial score (nSPS) is 12.1. The lowest BCUT2D eigenvalue weighted by Crippen LogP contribution is -2.10. The van der Waals surface area contributed by atoms with E-state index in [1.807, 2.05) is 42.5 Å². The Hall–Kier alpha value is -1.78. The van der Waals surface area contributed by atoms with Crippen molar-refractivity contribution in [3.05, 3.63) is 71.3 Å². The van der Waals surface area contributed by atoms with E-state index < -0.39 is 12.0 Å². The molecule has 0 aliphatic rings. The fourth-order valence-electron chi connectivity index (χ4n) is 1.83. The van der Waals surface area contributed by atoms with Gasteiger partial charge in [-0.1, -0.05) is 42.5 Å². The van der Waals surface area contributed by atoms with Crippen molar-refractivity contribution in [1.29, 1.82) is 0 Å². The molecule has 1 atom stereocenters. The third-order valence-electron chi connectivity index (χ3n) is 2.97. The smallest absolute Gasteiger partial charge is 0.248 e. The average Bonchev–Trinajstić information content (AvgIpc) is 2.48. The first-order valence-electron chi connectivity index (χ1n) is 6.36. The number of nitrogens with two attached hydrogens (primary N) is 1. The highest BCUT2D eigenvalue weighted by Gasteiger charge is 2.07. The fraction of sp³-hybridized carbons (Fsp3) is 0.188. The van der Waals surface area contributed by atoms with Crippen LogP contribution in [-0.4, -0.2) is 16.8 Å². The van der Waals surface area contributed by atoms with Gasteiger partial charge in [0.25, 0.3) is 0 Å². The van der Waals surface area contributed by atoms with Crippen LogP contribution >= 0.6 is 11.8 Å². The van der Waals surface area contributed by atoms with Crippen LogP contribution in [0.25, 0.3) is 0 Å². The Balaban J connectivity index is 1.82. The van der Waals surface area contributed by atoms with Gasteiger partial charge in [0.1, 0.15) is 0 Å². The monoisotopic (exact) mass is 287 g/mol. The second-order valence-electron chi connectivity index (χ2n) is 4.50. The van der Waals surface area contributed by atoms with Gasteiger partial charge in [0.05, 0.1) is 6.10 Å². The van der Waals surface area contributed by atoms with Crippen LogP contribution in [0.15, 0.2) is 54.6 Å². The van der Waals surface area contributed by atoms with Crippen LogP contribution in [0.2, 0.25) is 0 Å². The molecule has 4 heteroatoms. The van der Waals surface area contributed by atoms with Gasteiger partial charge in [0, 0.05) is 17.1 Å². The van der Waals surface area contributed by atoms with Crippen molar-refractivity contribution in [2.75, 3.05) is 5.75 Å². The second kappa shape index (κ2) is 7.12. The van der Waals surface area contributed by atoms with Gasteiger partial charge in [-0.15, -0.1) is 0 Å². The first-order valence-corrected chi connectivity index (χ1v) is 7.52. The van der Waals surface area contributed by atoms with Crippen molar-refractivity contribution in [3.63, 3.8) is 0 Å². The third-order valence-corrected chi connectivity index (χ3v) is 4.06. The van der Waals surface area contributed by atoms with E-state index in [2.05, 4.69) is 0 Å². The standard InChI is InChI=1S/C16H17NO2S/c17-16(19)14-8-6-12(7-9-14)10-20-11-15(18)13-4-2-1-3-5-13/h1-9,15,18H,10-11H2,(H2,17,19)/t15-/m0/s1. The van der Waals surface area contributed by atoms with Gasteiger partial charge in [-0.25, -0.2) is 0 Å². The molecule has 3 nitrogen and oxygen atoms in total. The summed E-state index contributed by atoms with van der Waals surface area (Å²) in [6.45, 7) is 0. The molecule has 2 aromatic carbocycles. The van der Waals surface area contributed by atoms with E-state index in [9.17, 15) is 9.90 Å². The summed E-state index contributed by atoms with van der Waals surface area (Å²) in [6.07, 6.45) is -0.453. The van der Waals surface area contributed by atoms with Crippen molar-refractivity contribution in [1.82, 2.24) is 0 Å². The molecule has 104 valence electrons. The predicted molar refractivity (Wildman–Crippen MR) is 82.5 cm³/mol. The van der Waals surface area contributed by atoms with Crippen LogP contribution in [-0.2, 0) is 5.75 Å². The first-order chi connectivity index (χ1) is 9.66. The molecule has 1 amide bonds. The number of hydrogen-bond acceptors (Lipinski definition) is 3. The van der Waals surface area contributed by atoms with Crippen LogP contribution in [0.5, 0.6) is 0 Å². The Bertz CT molecular complexity index is 554. The number of hydrogen-bond donors (Lipinski definition) is 2. The second-order valence-corrected chi connectivity index (χ2v) is 5.53. The van der Waals surface area contributed by atoms with Gasteiger partial charge in [0.15, 0.2) is 0 Å². The third kappa shape index (κ3) is 4.11. The highest BCUT2D eigenvalue weighted by molar-refractivity contribution is 7.98. The van der Waals surface area contributed by atoms with Crippen LogP contribution in [0.4, 0.5) is 0 Å². The molecule has 0 aromatic heterocycles. The van der Waals surface area contributed by atoms with Crippen molar-refractivity contribution in [2.45, 2.75) is 11.9 Å². The molecule has 0 saturated carbocycles. The summed E-state index contributed by atoms with van der Waals surface area (Å²) in [5.41, 5.74) is 7.75. The summed E-state index contributed by atoms with van der Waals surface area (Å²) in [5.74, 6) is 1.02. The minimum Gasteiger partial charge on any atom is -0.388 e. The van der Waals surface area contributed by atoms with E-state index in [-0.39, 0.29) is 0 Å². The van der Waals surface area contributed by atoms with E-state index in [1.165, 1.54) is 0 Å². The maximum atomic E-state index is 11.0. The molecule has 0 fully saturated rings. The van der Waals surface area contributed by atoms with Crippen molar-refractivity contribution in [3.8, 4) is 0 Å². The zero-order chi connectivity index (χ0) is 14.4. The minimum absolute atomic E-state index is 0.413. The maximum absolute atomic E-state index is 11.0. The molecule has 0 aliphatic carbocycles. The number of carbonyl (C=O) groups is 1. The lowest BCUT2D eigenvalue weighted by atomic mass is 10.1. The Kier molecular flexibility index (Phi) is 5.21. The summed E-state index contributed by atoms with van der Waals surface area (Å²) in [6, 6.07) is 16.9. The maximum Gasteiger partial charge on any atom is 0.248 e. The Labute approximate surface area is 122 Å². The molecule has 0 heterocycles. The van der Waals surface area contributed by atoms with Crippen LogP contribution in [0, 0.1) is 0 Å². The van der Waals surface area contributed by atoms with E-state index in [1.54, 1.807) is 23.9 Å². The van der Waals surface area contributed by atoms with Gasteiger partial charge in [-0.3, -0.25) is 4.79 Å². The number of amides is 1. The molecular formula is C16H17NO2S. The molecule has 2 rings (SSSR count). The van der Waals surface area contributed by atoms with E-state index >= 15 is 0 Å². The number of rotatable bonds is 6. The molecule has 0 spiro atoms. The van der Waals surface area contributed by atoms with Gasteiger partial charge in [-0.05, 0) is 23.3 Å². The Morgan fingerprint density at radius 2 is 1.75 bits per heavy atom. The lowest BCUT2D eigenvalue weighted by molar-refractivity contribution is 0.100. The topological polar surface area (TPSA) is 63.3 Å². The van der Waals surface area contributed by atoms with E-state index in [0.717, 1.165) is 16.9 Å². The molecule has 0 aliphatic heterocycles. The zero-order valence-electron chi connectivity index (χ0n) is 11.0. The summed E-state index contributed by atoms with van der Waals surface area (Å²) in [5, 5.41) is 10.0. The molecule has 2 aromatic rings. The number of thioether (sulfide) groups is 1. The van der Waals surface area contributed by atoms with Gasteiger partial charge in [-0.2, -0.15) is 11.8 Å². The summed E-state index contributed by atoms with van der Waals surface area (Å²) in [4.78, 5) is 11.0. The molecule has 0 unspecified atom stereocenters. The van der Waals surface area contributed by atoms with E-state index in [0.29, 0.717) is 11.3 Å². The molecular weight excluding hydrogens is 270 g/mol. The van der Waals surface area contributed by atoms with Crippen molar-refractivity contribution in [2.24, 2.45) is 5.73 Å². The van der Waals surface area contributed by atoms with Crippen LogP contribution < -0.4 is 5.73 Å². The fourth-order valence-corrected chi connectivity index (χ4v) is 2.79. The predicted octanol–water partition coefficient (Wildman–Crippen LogP) is 2.75. The SMILES string of the molecule is NC(=O)c1ccc(CSC[C@H](O)c2ccccc2)cc1. The van der Waals surface area contributed by atoms with Gasteiger partial charge in [0.2, 0.25) is 5.91 Å². The summed E-state index contributed by atoms with van der Waals surface area (Å²) >= 11 is 1.66. The molecule has 0 radical (unpaired) electrons. The molecule has 20 heavy (non-hydrogen) atoms. The highest BCUT2D eigenvalue weighted by Crippen LogP contribution is 2.21. The molecule has 3 N–H and O–H groups in total. The highest BCUT2D eigenvalue weighted by atomic mass is 32.2. The summed E-state index contributed by atoms with van der Waals surface area (Å²) in [7, 11) is 0. The number of carbonyl (C=O) groups excluding carboxylic acids is 1. The zero-order valence-corrected chi connectivity index (χ0v) is 11.8. The van der Waals surface area contributed by atoms with Crippen molar-refractivity contribution < 1.29 is 9.90 Å². The molecule has 0 bridgehead atoms. The minimum atomic E-state index is -0.453. The van der Waals surface area contributed by atoms with Gasteiger partial charge < -0.3 is 10.8 Å². The number of aliphatic hydroxyl groups is 1. The number of aliphatic hydroxyl groups excluding tert-OH is 1. The Morgan fingerprint density at radius 3 is 2.35 bits per heavy atom. The Morgan fingerprint density at radius 1 is 1.10 bits per heavy atom. The van der Waals surface area contributed by atoms with Crippen LogP contribution in [0.1, 0.15) is 27.6 Å². The average molecular weight is 287 g/mol. The molecule has 0 saturated heterocycles. The lowest BCUT2D eigenvalue weighted by Gasteiger charge is -2.10.